The predicted octanol–water partition coefficient (Wildman–Crippen LogP) is 6.23. The summed E-state index contributed by atoms with van der Waals surface area (Å²) in [6.07, 6.45) is 4.26. The molecule has 1 heterocycles. The summed E-state index contributed by atoms with van der Waals surface area (Å²) in [6.45, 7) is 11.3. The standard InChI is InChI=1S/C28H34N2O/c1-20-15-23(27(31)26(16-20)28(2,3)4)17-29-18-24-12-8-14-30(24)19-22-11-7-10-21-9-5-6-13-25(21)22/h5-7,9-11,13,15-17,24,31H,8,12,14,18-19H2,1-4H3/t24-/m0/s1. The summed E-state index contributed by atoms with van der Waals surface area (Å²) in [4.78, 5) is 7.34. The van der Waals surface area contributed by atoms with E-state index in [0.29, 0.717) is 11.8 Å². The average Bonchev–Trinajstić information content (AvgIpc) is 3.16. The second kappa shape index (κ2) is 8.84. The van der Waals surface area contributed by atoms with Gasteiger partial charge in [0, 0.05) is 29.9 Å². The normalized spacial score (nSPS) is 17.7. The minimum Gasteiger partial charge on any atom is -0.507 e. The molecule has 0 saturated carbocycles. The average molecular weight is 415 g/mol. The van der Waals surface area contributed by atoms with E-state index < -0.39 is 0 Å². The molecule has 1 aliphatic heterocycles. The number of likely N-dealkylation sites (tertiary alicyclic amines) is 1. The van der Waals surface area contributed by atoms with Gasteiger partial charge in [-0.3, -0.25) is 9.89 Å². The van der Waals surface area contributed by atoms with Crippen molar-refractivity contribution in [2.24, 2.45) is 4.99 Å². The third-order valence-corrected chi connectivity index (χ3v) is 6.39. The first-order valence-corrected chi connectivity index (χ1v) is 11.4. The number of rotatable bonds is 5. The Kier molecular flexibility index (Phi) is 6.15. The van der Waals surface area contributed by atoms with Crippen molar-refractivity contribution < 1.29 is 5.11 Å². The molecule has 1 saturated heterocycles. The highest BCUT2D eigenvalue weighted by Crippen LogP contribution is 2.33. The lowest BCUT2D eigenvalue weighted by molar-refractivity contribution is 0.252. The number of aliphatic imine (C=N–C) groups is 1. The van der Waals surface area contributed by atoms with Crippen LogP contribution >= 0.6 is 0 Å². The molecule has 0 aromatic heterocycles. The Morgan fingerprint density at radius 2 is 1.87 bits per heavy atom. The van der Waals surface area contributed by atoms with Crippen LogP contribution in [0.4, 0.5) is 0 Å². The molecule has 1 fully saturated rings. The van der Waals surface area contributed by atoms with Crippen LogP contribution < -0.4 is 0 Å². The quantitative estimate of drug-likeness (QED) is 0.502. The van der Waals surface area contributed by atoms with Gasteiger partial charge >= 0.3 is 0 Å². The molecule has 162 valence electrons. The highest BCUT2D eigenvalue weighted by Gasteiger charge is 2.25. The van der Waals surface area contributed by atoms with Crippen molar-refractivity contribution in [3.8, 4) is 5.75 Å². The molecule has 0 amide bonds. The summed E-state index contributed by atoms with van der Waals surface area (Å²) < 4.78 is 0. The molecule has 1 aliphatic rings. The van der Waals surface area contributed by atoms with Crippen molar-refractivity contribution in [2.45, 2.75) is 58.5 Å². The molecule has 4 rings (SSSR count). The number of aryl methyl sites for hydroxylation is 1. The second-order valence-corrected chi connectivity index (χ2v) is 9.90. The van der Waals surface area contributed by atoms with Crippen LogP contribution in [0, 0.1) is 6.92 Å². The van der Waals surface area contributed by atoms with Crippen LogP contribution in [0.1, 0.15) is 55.9 Å². The molecule has 3 aromatic carbocycles. The molecule has 0 radical (unpaired) electrons. The molecule has 0 aliphatic carbocycles. The SMILES string of the molecule is Cc1cc(C=NC[C@@H]2CCCN2Cc2cccc3ccccc23)c(O)c(C(C)(C)C)c1. The van der Waals surface area contributed by atoms with Gasteiger partial charge in [-0.1, -0.05) is 69.3 Å². The maximum absolute atomic E-state index is 10.8. The van der Waals surface area contributed by atoms with Gasteiger partial charge in [0.05, 0.1) is 6.54 Å². The lowest BCUT2D eigenvalue weighted by Crippen LogP contribution is -2.31. The van der Waals surface area contributed by atoms with Gasteiger partial charge in [0.2, 0.25) is 0 Å². The molecule has 3 nitrogen and oxygen atoms in total. The number of hydrogen-bond acceptors (Lipinski definition) is 3. The first-order valence-electron chi connectivity index (χ1n) is 11.4. The van der Waals surface area contributed by atoms with Crippen molar-refractivity contribution in [3.63, 3.8) is 0 Å². The maximum atomic E-state index is 10.8. The second-order valence-electron chi connectivity index (χ2n) is 9.90. The maximum Gasteiger partial charge on any atom is 0.128 e. The van der Waals surface area contributed by atoms with Crippen molar-refractivity contribution in [2.75, 3.05) is 13.1 Å². The van der Waals surface area contributed by atoms with E-state index in [1.54, 1.807) is 0 Å². The fourth-order valence-electron chi connectivity index (χ4n) is 4.71. The van der Waals surface area contributed by atoms with E-state index >= 15 is 0 Å². The predicted molar refractivity (Wildman–Crippen MR) is 131 cm³/mol. The summed E-state index contributed by atoms with van der Waals surface area (Å²) in [5, 5.41) is 13.4. The molecule has 31 heavy (non-hydrogen) atoms. The first-order chi connectivity index (χ1) is 14.8. The Bertz CT molecular complexity index is 1090. The molecular weight excluding hydrogens is 380 g/mol. The molecule has 0 unspecified atom stereocenters. The minimum absolute atomic E-state index is 0.0978. The van der Waals surface area contributed by atoms with Crippen molar-refractivity contribution in [1.82, 2.24) is 4.90 Å². The van der Waals surface area contributed by atoms with Crippen molar-refractivity contribution in [1.29, 1.82) is 0 Å². The molecule has 0 bridgehead atoms. The van der Waals surface area contributed by atoms with E-state index in [1.807, 2.05) is 12.3 Å². The van der Waals surface area contributed by atoms with Crippen LogP contribution in [-0.2, 0) is 12.0 Å². The van der Waals surface area contributed by atoms with Crippen molar-refractivity contribution in [3.05, 3.63) is 76.9 Å². The Hall–Kier alpha value is -2.65. The largest absolute Gasteiger partial charge is 0.507 e. The van der Waals surface area contributed by atoms with E-state index in [-0.39, 0.29) is 5.41 Å². The number of phenolic OH excluding ortho intramolecular Hbond substituents is 1. The number of fused-ring (bicyclic) bond motifs is 1. The van der Waals surface area contributed by atoms with Crippen LogP contribution in [0.5, 0.6) is 5.75 Å². The molecule has 3 heteroatoms. The lowest BCUT2D eigenvalue weighted by Gasteiger charge is -2.24. The zero-order chi connectivity index (χ0) is 22.0. The minimum atomic E-state index is -0.0978. The third-order valence-electron chi connectivity index (χ3n) is 6.39. The van der Waals surface area contributed by atoms with Crippen LogP contribution in [-0.4, -0.2) is 35.4 Å². The molecule has 0 spiro atoms. The summed E-state index contributed by atoms with van der Waals surface area (Å²) in [5.74, 6) is 0.362. The molecule has 1 atom stereocenters. The zero-order valence-electron chi connectivity index (χ0n) is 19.2. The highest BCUT2D eigenvalue weighted by molar-refractivity contribution is 5.86. The summed E-state index contributed by atoms with van der Waals surface area (Å²) >= 11 is 0. The smallest absolute Gasteiger partial charge is 0.128 e. The van der Waals surface area contributed by atoms with Gasteiger partial charge in [0.1, 0.15) is 5.75 Å². The van der Waals surface area contributed by atoms with Crippen LogP contribution in [0.25, 0.3) is 10.8 Å². The number of benzene rings is 3. The topological polar surface area (TPSA) is 35.8 Å². The third kappa shape index (κ3) is 4.83. The summed E-state index contributed by atoms with van der Waals surface area (Å²) in [5.41, 5.74) is 4.25. The van der Waals surface area contributed by atoms with Crippen molar-refractivity contribution >= 4 is 17.0 Å². The Morgan fingerprint density at radius 1 is 1.10 bits per heavy atom. The van der Waals surface area contributed by atoms with Gasteiger partial charge in [0.25, 0.3) is 0 Å². The summed E-state index contributed by atoms with van der Waals surface area (Å²) in [7, 11) is 0. The van der Waals surface area contributed by atoms with Gasteiger partial charge in [-0.05, 0) is 59.7 Å². The van der Waals surface area contributed by atoms with E-state index in [0.717, 1.165) is 36.3 Å². The number of nitrogens with zero attached hydrogens (tertiary/aromatic N) is 2. The monoisotopic (exact) mass is 414 g/mol. The van der Waals surface area contributed by atoms with E-state index in [1.165, 1.54) is 29.2 Å². The molecular formula is C28H34N2O. The number of hydrogen-bond donors (Lipinski definition) is 1. The van der Waals surface area contributed by atoms with Crippen LogP contribution in [0.2, 0.25) is 0 Å². The Balaban J connectivity index is 1.49. The number of phenols is 1. The Labute approximate surface area is 186 Å². The van der Waals surface area contributed by atoms with E-state index in [2.05, 4.69) is 81.1 Å². The van der Waals surface area contributed by atoms with E-state index in [9.17, 15) is 5.11 Å². The highest BCUT2D eigenvalue weighted by atomic mass is 16.3. The zero-order valence-corrected chi connectivity index (χ0v) is 19.2. The molecule has 1 N–H and O–H groups in total. The fourth-order valence-corrected chi connectivity index (χ4v) is 4.71. The Morgan fingerprint density at radius 3 is 2.68 bits per heavy atom. The van der Waals surface area contributed by atoms with E-state index in [4.69, 9.17) is 4.99 Å². The first kappa shape index (κ1) is 21.6. The molecule has 3 aromatic rings. The van der Waals surface area contributed by atoms with Gasteiger partial charge in [-0.2, -0.15) is 0 Å². The van der Waals surface area contributed by atoms with Crippen LogP contribution in [0.15, 0.2) is 59.6 Å². The van der Waals surface area contributed by atoms with Gasteiger partial charge in [-0.25, -0.2) is 0 Å². The van der Waals surface area contributed by atoms with Gasteiger partial charge in [0.15, 0.2) is 0 Å². The lowest BCUT2D eigenvalue weighted by atomic mass is 9.84. The van der Waals surface area contributed by atoms with Crippen LogP contribution in [0.3, 0.4) is 0 Å². The summed E-state index contributed by atoms with van der Waals surface area (Å²) in [6, 6.07) is 19.8. The van der Waals surface area contributed by atoms with Gasteiger partial charge in [-0.15, -0.1) is 0 Å². The van der Waals surface area contributed by atoms with Gasteiger partial charge < -0.3 is 5.11 Å². The fraction of sp³-hybridized carbons (Fsp3) is 0.393. The number of aromatic hydroxyl groups is 1.